The summed E-state index contributed by atoms with van der Waals surface area (Å²) in [5, 5.41) is 6.46. The van der Waals surface area contributed by atoms with Gasteiger partial charge in [0.15, 0.2) is 5.82 Å². The standard InChI is InChI=1S/C16H16F2N4O2/c1-4-10(8-22-9(2)7-13(21-22)24-3)20-16(23)14-11(17)5-6-12(19)15(14)18/h4-8H,1,19H2,2-3H3,(H,20,23)/b10-8+. The fraction of sp³-hybridized carbons (Fsp3) is 0.125. The fourth-order valence-electron chi connectivity index (χ4n) is 1.93. The molecule has 3 N–H and O–H groups in total. The van der Waals surface area contributed by atoms with Crippen molar-refractivity contribution in [3.8, 4) is 5.88 Å². The number of aromatic nitrogens is 2. The van der Waals surface area contributed by atoms with Crippen molar-refractivity contribution < 1.29 is 18.3 Å². The van der Waals surface area contributed by atoms with Gasteiger partial charge in [-0.2, -0.15) is 0 Å². The highest BCUT2D eigenvalue weighted by atomic mass is 19.1. The minimum Gasteiger partial charge on any atom is -0.480 e. The summed E-state index contributed by atoms with van der Waals surface area (Å²) < 4.78 is 34.1. The van der Waals surface area contributed by atoms with Crippen LogP contribution in [-0.4, -0.2) is 22.8 Å². The number of nitrogen functional groups attached to an aromatic ring is 1. The summed E-state index contributed by atoms with van der Waals surface area (Å²) in [5.74, 6) is -2.74. The number of hydrogen-bond acceptors (Lipinski definition) is 4. The molecular weight excluding hydrogens is 318 g/mol. The number of aryl methyl sites for hydroxylation is 1. The fourth-order valence-corrected chi connectivity index (χ4v) is 1.93. The van der Waals surface area contributed by atoms with Crippen LogP contribution in [0.4, 0.5) is 14.5 Å². The van der Waals surface area contributed by atoms with E-state index in [1.54, 1.807) is 13.0 Å². The number of carbonyl (C=O) groups excluding carboxylic acids is 1. The molecule has 0 aliphatic heterocycles. The number of nitrogens with one attached hydrogen (secondary N) is 1. The second kappa shape index (κ2) is 6.95. The van der Waals surface area contributed by atoms with E-state index in [9.17, 15) is 13.6 Å². The van der Waals surface area contributed by atoms with Crippen LogP contribution in [0.2, 0.25) is 0 Å². The van der Waals surface area contributed by atoms with Crippen molar-refractivity contribution in [3.63, 3.8) is 0 Å². The molecule has 0 atom stereocenters. The average molecular weight is 334 g/mol. The molecule has 2 aromatic rings. The van der Waals surface area contributed by atoms with Crippen LogP contribution < -0.4 is 15.8 Å². The van der Waals surface area contributed by atoms with Gasteiger partial charge >= 0.3 is 0 Å². The molecule has 0 aliphatic carbocycles. The van der Waals surface area contributed by atoms with E-state index in [-0.39, 0.29) is 11.4 Å². The van der Waals surface area contributed by atoms with E-state index < -0.39 is 23.1 Å². The Morgan fingerprint density at radius 2 is 2.17 bits per heavy atom. The summed E-state index contributed by atoms with van der Waals surface area (Å²) in [6.45, 7) is 5.33. The molecule has 6 nitrogen and oxygen atoms in total. The number of nitrogens with two attached hydrogens (primary N) is 1. The van der Waals surface area contributed by atoms with Gasteiger partial charge in [-0.1, -0.05) is 6.58 Å². The molecule has 0 aliphatic rings. The zero-order valence-corrected chi connectivity index (χ0v) is 13.1. The third kappa shape index (κ3) is 3.43. The minimum atomic E-state index is -1.12. The molecule has 1 aromatic heterocycles. The second-order valence-corrected chi connectivity index (χ2v) is 4.84. The number of benzene rings is 1. The largest absolute Gasteiger partial charge is 0.480 e. The molecule has 1 aromatic carbocycles. The van der Waals surface area contributed by atoms with Gasteiger partial charge in [0.1, 0.15) is 11.4 Å². The van der Waals surface area contributed by atoms with E-state index in [1.807, 2.05) is 0 Å². The Kier molecular flexibility index (Phi) is 4.98. The van der Waals surface area contributed by atoms with Crippen LogP contribution in [-0.2, 0) is 0 Å². The average Bonchev–Trinajstić information content (AvgIpc) is 2.90. The minimum absolute atomic E-state index is 0.190. The Morgan fingerprint density at radius 1 is 1.46 bits per heavy atom. The number of rotatable bonds is 5. The van der Waals surface area contributed by atoms with Crippen LogP contribution in [0.15, 0.2) is 36.6 Å². The molecule has 0 spiro atoms. The first-order valence-electron chi connectivity index (χ1n) is 6.86. The molecule has 1 heterocycles. The summed E-state index contributed by atoms with van der Waals surface area (Å²) in [4.78, 5) is 12.2. The molecule has 8 heteroatoms. The van der Waals surface area contributed by atoms with Gasteiger partial charge in [-0.25, -0.2) is 13.5 Å². The van der Waals surface area contributed by atoms with Crippen LogP contribution in [0.3, 0.4) is 0 Å². The Labute approximate surface area is 137 Å². The summed E-state index contributed by atoms with van der Waals surface area (Å²) in [7, 11) is 1.47. The third-order valence-corrected chi connectivity index (χ3v) is 3.20. The molecule has 0 saturated carbocycles. The number of nitrogens with zero attached hydrogens (tertiary/aromatic N) is 2. The lowest BCUT2D eigenvalue weighted by molar-refractivity contribution is 0.0959. The Balaban J connectivity index is 2.32. The first kappa shape index (κ1) is 17.2. The predicted molar refractivity (Wildman–Crippen MR) is 86.2 cm³/mol. The van der Waals surface area contributed by atoms with Crippen molar-refractivity contribution in [1.82, 2.24) is 15.1 Å². The number of allylic oxidation sites excluding steroid dienone is 1. The first-order chi connectivity index (χ1) is 11.4. The van der Waals surface area contributed by atoms with Gasteiger partial charge in [0.25, 0.3) is 5.91 Å². The first-order valence-corrected chi connectivity index (χ1v) is 6.86. The Morgan fingerprint density at radius 3 is 2.75 bits per heavy atom. The number of carbonyl (C=O) groups is 1. The van der Waals surface area contributed by atoms with Gasteiger partial charge in [-0.05, 0) is 25.1 Å². The molecular formula is C16H16F2N4O2. The van der Waals surface area contributed by atoms with E-state index in [1.165, 1.54) is 24.1 Å². The van der Waals surface area contributed by atoms with Crippen molar-refractivity contribution in [3.05, 3.63) is 59.4 Å². The Bertz CT molecular complexity index is 828. The van der Waals surface area contributed by atoms with E-state index in [0.717, 1.165) is 17.8 Å². The lowest BCUT2D eigenvalue weighted by Gasteiger charge is -2.09. The van der Waals surface area contributed by atoms with Crippen molar-refractivity contribution in [2.24, 2.45) is 0 Å². The maximum atomic E-state index is 13.9. The van der Waals surface area contributed by atoms with Crippen LogP contribution in [0, 0.1) is 18.6 Å². The van der Waals surface area contributed by atoms with E-state index in [4.69, 9.17) is 10.5 Å². The number of ether oxygens (including phenoxy) is 1. The molecule has 0 bridgehead atoms. The van der Waals surface area contributed by atoms with Gasteiger partial charge in [-0.3, -0.25) is 4.79 Å². The topological polar surface area (TPSA) is 82.2 Å². The highest BCUT2D eigenvalue weighted by Gasteiger charge is 2.20. The van der Waals surface area contributed by atoms with Crippen molar-refractivity contribution in [2.75, 3.05) is 12.8 Å². The molecule has 0 saturated heterocycles. The SMILES string of the molecule is C=C/C(=C\n1nc(OC)cc1C)NC(=O)c1c(F)ccc(N)c1F. The van der Waals surface area contributed by atoms with E-state index in [0.29, 0.717) is 5.88 Å². The number of methoxy groups -OCH3 is 1. The molecule has 0 radical (unpaired) electrons. The lowest BCUT2D eigenvalue weighted by Crippen LogP contribution is -2.25. The molecule has 0 unspecified atom stereocenters. The quantitative estimate of drug-likeness (QED) is 0.650. The highest BCUT2D eigenvalue weighted by Crippen LogP contribution is 2.19. The van der Waals surface area contributed by atoms with E-state index >= 15 is 0 Å². The Hall–Kier alpha value is -3.16. The van der Waals surface area contributed by atoms with Gasteiger partial charge in [-0.15, -0.1) is 5.10 Å². The van der Waals surface area contributed by atoms with Gasteiger partial charge in [0.2, 0.25) is 5.88 Å². The summed E-state index contributed by atoms with van der Waals surface area (Å²) >= 11 is 0. The van der Waals surface area contributed by atoms with Gasteiger partial charge in [0, 0.05) is 11.8 Å². The zero-order valence-electron chi connectivity index (χ0n) is 13.1. The number of amides is 1. The predicted octanol–water partition coefficient (Wildman–Crippen LogP) is 2.47. The highest BCUT2D eigenvalue weighted by molar-refractivity contribution is 5.97. The van der Waals surface area contributed by atoms with Crippen LogP contribution in [0.5, 0.6) is 5.88 Å². The van der Waals surface area contributed by atoms with E-state index in [2.05, 4.69) is 17.0 Å². The van der Waals surface area contributed by atoms with Crippen molar-refractivity contribution in [2.45, 2.75) is 6.92 Å². The smallest absolute Gasteiger partial charge is 0.261 e. The molecule has 126 valence electrons. The maximum Gasteiger partial charge on any atom is 0.261 e. The maximum absolute atomic E-state index is 13.9. The van der Waals surface area contributed by atoms with Crippen molar-refractivity contribution in [1.29, 1.82) is 0 Å². The zero-order chi connectivity index (χ0) is 17.9. The van der Waals surface area contributed by atoms with Crippen LogP contribution >= 0.6 is 0 Å². The second-order valence-electron chi connectivity index (χ2n) is 4.84. The molecule has 0 fully saturated rings. The lowest BCUT2D eigenvalue weighted by atomic mass is 10.1. The molecule has 24 heavy (non-hydrogen) atoms. The van der Waals surface area contributed by atoms with Crippen molar-refractivity contribution >= 4 is 17.8 Å². The third-order valence-electron chi connectivity index (χ3n) is 3.20. The monoisotopic (exact) mass is 334 g/mol. The summed E-state index contributed by atoms with van der Waals surface area (Å²) in [6.07, 6.45) is 2.75. The summed E-state index contributed by atoms with van der Waals surface area (Å²) in [6, 6.07) is 3.65. The van der Waals surface area contributed by atoms with Crippen LogP contribution in [0.1, 0.15) is 16.1 Å². The van der Waals surface area contributed by atoms with Crippen LogP contribution in [0.25, 0.3) is 6.20 Å². The number of anilines is 1. The summed E-state index contributed by atoms with van der Waals surface area (Å²) in [5.41, 5.74) is 5.19. The van der Waals surface area contributed by atoms with Gasteiger partial charge in [0.05, 0.1) is 24.7 Å². The molecule has 2 rings (SSSR count). The normalized spacial score (nSPS) is 11.2. The van der Waals surface area contributed by atoms with Gasteiger partial charge < -0.3 is 15.8 Å². The molecule has 1 amide bonds. The number of hydrogen-bond donors (Lipinski definition) is 2. The number of halogens is 2.